The first-order valence-electron chi connectivity index (χ1n) is 10.6. The van der Waals surface area contributed by atoms with Gasteiger partial charge in [0.05, 0.1) is 30.6 Å². The predicted molar refractivity (Wildman–Crippen MR) is 116 cm³/mol. The summed E-state index contributed by atoms with van der Waals surface area (Å²) in [5.74, 6) is -3.83. The third-order valence-corrected chi connectivity index (χ3v) is 5.48. The lowest BCUT2D eigenvalue weighted by molar-refractivity contribution is -0.152. The van der Waals surface area contributed by atoms with Gasteiger partial charge in [-0.15, -0.1) is 0 Å². The van der Waals surface area contributed by atoms with E-state index in [1.165, 1.54) is 38.2 Å². The molecule has 0 aliphatic heterocycles. The van der Waals surface area contributed by atoms with E-state index in [4.69, 9.17) is 4.74 Å². The number of amides is 1. The van der Waals surface area contributed by atoms with E-state index in [1.54, 1.807) is 0 Å². The number of halogens is 6. The number of carbonyl (C=O) groups is 3. The van der Waals surface area contributed by atoms with Crippen LogP contribution in [0.15, 0.2) is 42.5 Å². The van der Waals surface area contributed by atoms with Crippen molar-refractivity contribution in [2.45, 2.75) is 44.3 Å². The molecule has 0 aliphatic carbocycles. The summed E-state index contributed by atoms with van der Waals surface area (Å²) in [6, 6.07) is 5.36. The highest BCUT2D eigenvalue weighted by atomic mass is 19.4. The first-order chi connectivity index (χ1) is 17.0. The average Bonchev–Trinajstić information content (AvgIpc) is 2.83. The maximum atomic E-state index is 13.0. The Labute approximate surface area is 207 Å². The van der Waals surface area contributed by atoms with E-state index >= 15 is 0 Å². The van der Waals surface area contributed by atoms with Crippen molar-refractivity contribution in [1.82, 2.24) is 4.90 Å². The van der Waals surface area contributed by atoms with Gasteiger partial charge in [-0.05, 0) is 48.4 Å². The second-order valence-corrected chi connectivity index (χ2v) is 8.07. The Hall–Kier alpha value is -3.77. The molecule has 2 atom stereocenters. The minimum Gasteiger partial charge on any atom is -0.489 e. The number of carboxylic acid groups (broad SMARTS) is 1. The fraction of sp³-hybridized carbons (Fsp3) is 0.375. The Morgan fingerprint density at radius 1 is 0.946 bits per heavy atom. The van der Waals surface area contributed by atoms with Crippen molar-refractivity contribution in [3.8, 4) is 5.75 Å². The number of esters is 1. The monoisotopic (exact) mass is 535 g/mol. The Balaban J connectivity index is 2.25. The molecule has 37 heavy (non-hydrogen) atoms. The SMILES string of the molecule is COC(=O)[C@@H](C)N(C)C(=O)C(CC(=O)O)c1ccc(OCc2cc(C(F)(F)F)cc(C(F)(F)F)c2)cc1. The lowest BCUT2D eigenvalue weighted by atomic mass is 9.93. The molecule has 0 saturated carbocycles. The highest BCUT2D eigenvalue weighted by Crippen LogP contribution is 2.36. The molecule has 0 radical (unpaired) electrons. The molecule has 0 fully saturated rings. The minimum absolute atomic E-state index is 0.00989. The molecule has 7 nitrogen and oxygen atoms in total. The van der Waals surface area contributed by atoms with Gasteiger partial charge in [0.25, 0.3) is 0 Å². The summed E-state index contributed by atoms with van der Waals surface area (Å²) in [4.78, 5) is 37.0. The first kappa shape index (κ1) is 29.5. The number of methoxy groups -OCH3 is 1. The third kappa shape index (κ3) is 7.86. The van der Waals surface area contributed by atoms with Crippen molar-refractivity contribution in [1.29, 1.82) is 0 Å². The van der Waals surface area contributed by atoms with Crippen LogP contribution in [0.1, 0.15) is 41.5 Å². The van der Waals surface area contributed by atoms with Crippen molar-refractivity contribution in [2.24, 2.45) is 0 Å². The number of alkyl halides is 6. The molecule has 1 unspecified atom stereocenters. The largest absolute Gasteiger partial charge is 0.489 e. The topological polar surface area (TPSA) is 93.1 Å². The van der Waals surface area contributed by atoms with E-state index in [2.05, 4.69) is 4.74 Å². The molecule has 0 saturated heterocycles. The van der Waals surface area contributed by atoms with Crippen LogP contribution in [0.2, 0.25) is 0 Å². The zero-order valence-corrected chi connectivity index (χ0v) is 19.8. The number of ether oxygens (including phenoxy) is 2. The normalized spacial score (nSPS) is 13.4. The van der Waals surface area contributed by atoms with Crippen LogP contribution in [-0.2, 0) is 38.1 Å². The number of hydrogen-bond acceptors (Lipinski definition) is 5. The van der Waals surface area contributed by atoms with Gasteiger partial charge in [-0.1, -0.05) is 12.1 Å². The minimum atomic E-state index is -5.00. The maximum absolute atomic E-state index is 13.0. The highest BCUT2D eigenvalue weighted by molar-refractivity contribution is 5.91. The Morgan fingerprint density at radius 2 is 1.46 bits per heavy atom. The van der Waals surface area contributed by atoms with E-state index < -0.39 is 66.3 Å². The standard InChI is InChI=1S/C24H23F6NO6/c1-13(22(35)36-3)31(2)21(34)19(11-20(32)33)15-4-6-18(7-5-15)37-12-14-8-16(23(25,26)27)10-17(9-14)24(28,29)30/h4-10,13,19H,11-12H2,1-3H3,(H,32,33)/t13-,19?/m1/s1. The van der Waals surface area contributed by atoms with Crippen molar-refractivity contribution in [2.75, 3.05) is 14.2 Å². The summed E-state index contributed by atoms with van der Waals surface area (Å²) in [5.41, 5.74) is -3.08. The number of aliphatic carboxylic acids is 1. The Morgan fingerprint density at radius 3 is 1.89 bits per heavy atom. The number of rotatable bonds is 9. The number of carbonyl (C=O) groups excluding carboxylic acids is 2. The van der Waals surface area contributed by atoms with Crippen LogP contribution < -0.4 is 4.74 Å². The molecule has 0 aliphatic rings. The van der Waals surface area contributed by atoms with E-state index in [1.807, 2.05) is 0 Å². The predicted octanol–water partition coefficient (Wildman–Crippen LogP) is 4.88. The van der Waals surface area contributed by atoms with Gasteiger partial charge in [0, 0.05) is 7.05 Å². The van der Waals surface area contributed by atoms with E-state index in [0.717, 1.165) is 12.0 Å². The summed E-state index contributed by atoms with van der Waals surface area (Å²) in [6.45, 7) is 0.777. The summed E-state index contributed by atoms with van der Waals surface area (Å²) in [7, 11) is 2.44. The number of nitrogens with zero attached hydrogens (tertiary/aromatic N) is 1. The van der Waals surface area contributed by atoms with Crippen molar-refractivity contribution < 1.29 is 55.3 Å². The molecule has 202 valence electrons. The van der Waals surface area contributed by atoms with E-state index in [9.17, 15) is 45.8 Å². The van der Waals surface area contributed by atoms with E-state index in [0.29, 0.717) is 12.1 Å². The fourth-order valence-electron chi connectivity index (χ4n) is 3.35. The number of benzene rings is 2. The summed E-state index contributed by atoms with van der Waals surface area (Å²) in [6.07, 6.45) is -10.6. The molecule has 2 aromatic carbocycles. The van der Waals surface area contributed by atoms with Gasteiger partial charge in [-0.2, -0.15) is 26.3 Å². The number of likely N-dealkylation sites (N-methyl/N-ethyl adjacent to an activating group) is 1. The zero-order chi connectivity index (χ0) is 28.1. The quantitative estimate of drug-likeness (QED) is 0.364. The smallest absolute Gasteiger partial charge is 0.416 e. The molecular weight excluding hydrogens is 512 g/mol. The summed E-state index contributed by atoms with van der Waals surface area (Å²) >= 11 is 0. The molecule has 1 amide bonds. The van der Waals surface area contributed by atoms with Crippen LogP contribution in [-0.4, -0.2) is 48.1 Å². The summed E-state index contributed by atoms with van der Waals surface area (Å²) < 4.78 is 88.2. The Bertz CT molecular complexity index is 1100. The first-order valence-corrected chi connectivity index (χ1v) is 10.6. The molecule has 0 aromatic heterocycles. The van der Waals surface area contributed by atoms with Gasteiger partial charge in [0.1, 0.15) is 18.4 Å². The van der Waals surface area contributed by atoms with Crippen molar-refractivity contribution >= 4 is 17.8 Å². The maximum Gasteiger partial charge on any atom is 0.416 e. The molecule has 0 heterocycles. The second-order valence-electron chi connectivity index (χ2n) is 8.07. The molecule has 0 spiro atoms. The van der Waals surface area contributed by atoms with Crippen molar-refractivity contribution in [3.63, 3.8) is 0 Å². The lowest BCUT2D eigenvalue weighted by Gasteiger charge is -2.27. The van der Waals surface area contributed by atoms with Crippen LogP contribution in [0.25, 0.3) is 0 Å². The third-order valence-electron chi connectivity index (χ3n) is 5.48. The van der Waals surface area contributed by atoms with Crippen LogP contribution in [0.3, 0.4) is 0 Å². The highest BCUT2D eigenvalue weighted by Gasteiger charge is 2.37. The number of hydrogen-bond donors (Lipinski definition) is 1. The fourth-order valence-corrected chi connectivity index (χ4v) is 3.35. The van der Waals surface area contributed by atoms with Gasteiger partial charge in [-0.3, -0.25) is 9.59 Å². The van der Waals surface area contributed by atoms with Crippen LogP contribution in [0.5, 0.6) is 5.75 Å². The lowest BCUT2D eigenvalue weighted by Crippen LogP contribution is -2.43. The van der Waals surface area contributed by atoms with E-state index in [-0.39, 0.29) is 22.9 Å². The van der Waals surface area contributed by atoms with Gasteiger partial charge < -0.3 is 19.5 Å². The summed E-state index contributed by atoms with van der Waals surface area (Å²) in [5, 5.41) is 9.25. The zero-order valence-electron chi connectivity index (χ0n) is 19.8. The average molecular weight is 535 g/mol. The Kier molecular flexibility index (Phi) is 9.17. The van der Waals surface area contributed by atoms with Crippen LogP contribution >= 0.6 is 0 Å². The number of carboxylic acids is 1. The molecule has 2 rings (SSSR count). The molecule has 0 bridgehead atoms. The second kappa shape index (κ2) is 11.5. The van der Waals surface area contributed by atoms with Crippen LogP contribution in [0.4, 0.5) is 26.3 Å². The molecular formula is C24H23F6NO6. The van der Waals surface area contributed by atoms with Gasteiger partial charge in [0.15, 0.2) is 0 Å². The molecule has 13 heteroatoms. The van der Waals surface area contributed by atoms with Gasteiger partial charge >= 0.3 is 24.3 Å². The molecule has 2 aromatic rings. The van der Waals surface area contributed by atoms with Crippen molar-refractivity contribution in [3.05, 3.63) is 64.7 Å². The van der Waals surface area contributed by atoms with Gasteiger partial charge in [0.2, 0.25) is 5.91 Å². The molecule has 1 N–H and O–H groups in total. The van der Waals surface area contributed by atoms with Crippen LogP contribution in [0, 0.1) is 0 Å². The van der Waals surface area contributed by atoms with Gasteiger partial charge in [-0.25, -0.2) is 4.79 Å².